The lowest BCUT2D eigenvalue weighted by Crippen LogP contribution is -2.37. The van der Waals surface area contributed by atoms with Gasteiger partial charge in [0.25, 0.3) is 5.91 Å². The molecule has 2 aromatic carbocycles. The van der Waals surface area contributed by atoms with Gasteiger partial charge in [-0.3, -0.25) is 24.2 Å². The van der Waals surface area contributed by atoms with Crippen LogP contribution in [0, 0.1) is 0 Å². The van der Waals surface area contributed by atoms with Crippen LogP contribution in [-0.2, 0) is 9.59 Å². The second-order valence-corrected chi connectivity index (χ2v) is 9.47. The van der Waals surface area contributed by atoms with Crippen molar-refractivity contribution in [1.29, 1.82) is 0 Å². The third-order valence-corrected chi connectivity index (χ3v) is 6.52. The van der Waals surface area contributed by atoms with Crippen molar-refractivity contribution >= 4 is 66.0 Å². The summed E-state index contributed by atoms with van der Waals surface area (Å²) in [5.74, 6) is -0.701. The van der Waals surface area contributed by atoms with E-state index in [9.17, 15) is 14.4 Å². The molecule has 1 saturated heterocycles. The maximum atomic E-state index is 13.5. The van der Waals surface area contributed by atoms with Crippen molar-refractivity contribution in [2.45, 2.75) is 12.8 Å². The van der Waals surface area contributed by atoms with Gasteiger partial charge in [-0.1, -0.05) is 33.3 Å². The van der Waals surface area contributed by atoms with Crippen LogP contribution in [0.2, 0.25) is 0 Å². The number of fused-ring (bicyclic) bond motifs is 1. The van der Waals surface area contributed by atoms with Crippen molar-refractivity contribution in [3.8, 4) is 0 Å². The van der Waals surface area contributed by atoms with E-state index in [2.05, 4.69) is 20.9 Å². The molecular weight excluding hydrogens is 480 g/mol. The Hall–Kier alpha value is -2.62. The summed E-state index contributed by atoms with van der Waals surface area (Å²) in [4.78, 5) is 47.2. The van der Waals surface area contributed by atoms with Crippen LogP contribution in [0.15, 0.2) is 46.9 Å². The zero-order valence-corrected chi connectivity index (χ0v) is 19.6. The number of hydrogen-bond donors (Lipinski definition) is 0. The number of benzene rings is 2. The molecule has 1 aliphatic rings. The lowest BCUT2D eigenvalue weighted by molar-refractivity contribution is -0.121. The van der Waals surface area contributed by atoms with Crippen molar-refractivity contribution < 1.29 is 14.4 Å². The fraction of sp³-hybridized carbons (Fsp3) is 0.273. The first-order chi connectivity index (χ1) is 14.8. The minimum Gasteiger partial charge on any atom is -0.308 e. The second kappa shape index (κ2) is 8.86. The van der Waals surface area contributed by atoms with E-state index in [0.29, 0.717) is 29.5 Å². The van der Waals surface area contributed by atoms with Crippen LogP contribution in [0.25, 0.3) is 10.2 Å². The Kier molecular flexibility index (Phi) is 6.17. The maximum Gasteiger partial charge on any atom is 0.260 e. The Bertz CT molecular complexity index is 1160. The van der Waals surface area contributed by atoms with Crippen molar-refractivity contribution in [1.82, 2.24) is 9.88 Å². The van der Waals surface area contributed by atoms with E-state index in [1.807, 2.05) is 37.2 Å². The van der Waals surface area contributed by atoms with Gasteiger partial charge in [0.1, 0.15) is 0 Å². The highest BCUT2D eigenvalue weighted by Gasteiger charge is 2.31. The molecule has 9 heteroatoms. The van der Waals surface area contributed by atoms with Crippen LogP contribution in [0.4, 0.5) is 10.8 Å². The van der Waals surface area contributed by atoms with E-state index in [1.54, 1.807) is 29.2 Å². The Morgan fingerprint density at radius 1 is 1.10 bits per heavy atom. The van der Waals surface area contributed by atoms with Gasteiger partial charge in [0.2, 0.25) is 11.8 Å². The number of carbonyl (C=O) groups excluding carboxylic acids is 3. The molecule has 0 radical (unpaired) electrons. The van der Waals surface area contributed by atoms with Gasteiger partial charge in [-0.05, 0) is 50.5 Å². The number of amides is 3. The minimum absolute atomic E-state index is 0.202. The lowest BCUT2D eigenvalue weighted by atomic mass is 10.1. The summed E-state index contributed by atoms with van der Waals surface area (Å²) in [7, 11) is 3.90. The molecule has 3 aromatic rings. The number of carbonyl (C=O) groups is 3. The van der Waals surface area contributed by atoms with Crippen LogP contribution in [-0.4, -0.2) is 54.8 Å². The standard InChI is InChI=1S/C22H21BrN4O3S/c1-25(2)10-11-26(22-24-17-7-6-15(23)13-18(17)31-22)21(30)14-4-3-5-16(12-14)27-19(28)8-9-20(27)29/h3-7,12-13H,8-11H2,1-2H3. The molecule has 2 heterocycles. The first-order valence-corrected chi connectivity index (χ1v) is 11.4. The molecule has 1 aromatic heterocycles. The molecular formula is C22H21BrN4O3S. The van der Waals surface area contributed by atoms with Crippen molar-refractivity contribution in [3.63, 3.8) is 0 Å². The molecule has 0 aliphatic carbocycles. The minimum atomic E-state index is -0.240. The molecule has 31 heavy (non-hydrogen) atoms. The van der Waals surface area contributed by atoms with Crippen molar-refractivity contribution in [3.05, 3.63) is 52.5 Å². The molecule has 1 aliphatic heterocycles. The summed E-state index contributed by atoms with van der Waals surface area (Å²) in [5, 5.41) is 0.610. The summed E-state index contributed by atoms with van der Waals surface area (Å²) in [5.41, 5.74) is 1.66. The highest BCUT2D eigenvalue weighted by Crippen LogP contribution is 2.32. The first-order valence-electron chi connectivity index (χ1n) is 9.82. The van der Waals surface area contributed by atoms with Gasteiger partial charge in [-0.15, -0.1) is 0 Å². The van der Waals surface area contributed by atoms with Gasteiger partial charge >= 0.3 is 0 Å². The Morgan fingerprint density at radius 3 is 2.55 bits per heavy atom. The van der Waals surface area contributed by atoms with Gasteiger partial charge in [-0.2, -0.15) is 0 Å². The van der Waals surface area contributed by atoms with E-state index in [0.717, 1.165) is 19.6 Å². The Morgan fingerprint density at radius 2 is 1.84 bits per heavy atom. The lowest BCUT2D eigenvalue weighted by Gasteiger charge is -2.22. The third kappa shape index (κ3) is 4.53. The van der Waals surface area contributed by atoms with E-state index in [1.165, 1.54) is 11.3 Å². The molecule has 0 N–H and O–H groups in total. The predicted octanol–water partition coefficient (Wildman–Crippen LogP) is 3.92. The van der Waals surface area contributed by atoms with Gasteiger partial charge in [-0.25, -0.2) is 4.98 Å². The van der Waals surface area contributed by atoms with Crippen molar-refractivity contribution in [2.24, 2.45) is 0 Å². The van der Waals surface area contributed by atoms with E-state index in [-0.39, 0.29) is 30.6 Å². The quantitative estimate of drug-likeness (QED) is 0.479. The zero-order chi connectivity index (χ0) is 22.1. The number of aromatic nitrogens is 1. The maximum absolute atomic E-state index is 13.5. The molecule has 1 fully saturated rings. The van der Waals surface area contributed by atoms with Gasteiger partial charge < -0.3 is 4.90 Å². The molecule has 7 nitrogen and oxygen atoms in total. The monoisotopic (exact) mass is 500 g/mol. The SMILES string of the molecule is CN(C)CCN(C(=O)c1cccc(N2C(=O)CCC2=O)c1)c1nc2ccc(Br)cc2s1. The van der Waals surface area contributed by atoms with Crippen LogP contribution in [0.1, 0.15) is 23.2 Å². The van der Waals surface area contributed by atoms with Gasteiger partial charge in [0, 0.05) is 36.0 Å². The summed E-state index contributed by atoms with van der Waals surface area (Å²) >= 11 is 4.93. The summed E-state index contributed by atoms with van der Waals surface area (Å²) in [6.45, 7) is 1.12. The van der Waals surface area contributed by atoms with Gasteiger partial charge in [0.15, 0.2) is 5.13 Å². The number of halogens is 1. The first kappa shape index (κ1) is 21.6. The average molecular weight is 501 g/mol. The number of imide groups is 1. The van der Waals surface area contributed by atoms with Crippen LogP contribution in [0.5, 0.6) is 0 Å². The Labute approximate surface area is 192 Å². The topological polar surface area (TPSA) is 73.8 Å². The predicted molar refractivity (Wildman–Crippen MR) is 126 cm³/mol. The molecule has 0 spiro atoms. The van der Waals surface area contributed by atoms with Crippen LogP contribution >= 0.6 is 27.3 Å². The number of rotatable bonds is 6. The second-order valence-electron chi connectivity index (χ2n) is 7.54. The largest absolute Gasteiger partial charge is 0.308 e. The molecule has 0 atom stereocenters. The smallest absolute Gasteiger partial charge is 0.260 e. The van der Waals surface area contributed by atoms with E-state index >= 15 is 0 Å². The number of nitrogens with zero attached hydrogens (tertiary/aromatic N) is 4. The number of anilines is 2. The average Bonchev–Trinajstić information content (AvgIpc) is 3.30. The summed E-state index contributed by atoms with van der Waals surface area (Å²) in [6, 6.07) is 12.5. The fourth-order valence-electron chi connectivity index (χ4n) is 3.38. The molecule has 0 unspecified atom stereocenters. The number of likely N-dealkylation sites (N-methyl/N-ethyl adjacent to an activating group) is 1. The van der Waals surface area contributed by atoms with E-state index in [4.69, 9.17) is 0 Å². The summed E-state index contributed by atoms with van der Waals surface area (Å²) < 4.78 is 1.93. The highest BCUT2D eigenvalue weighted by atomic mass is 79.9. The molecule has 160 valence electrons. The summed E-state index contributed by atoms with van der Waals surface area (Å²) in [6.07, 6.45) is 0.403. The van der Waals surface area contributed by atoms with Crippen LogP contribution in [0.3, 0.4) is 0 Å². The fourth-order valence-corrected chi connectivity index (χ4v) is 4.93. The number of thiazole rings is 1. The molecule has 3 amide bonds. The van der Waals surface area contributed by atoms with Crippen molar-refractivity contribution in [2.75, 3.05) is 37.0 Å². The Balaban J connectivity index is 1.69. The normalized spacial score (nSPS) is 14.1. The van der Waals surface area contributed by atoms with Crippen LogP contribution < -0.4 is 9.80 Å². The number of hydrogen-bond acceptors (Lipinski definition) is 6. The molecule has 0 saturated carbocycles. The highest BCUT2D eigenvalue weighted by molar-refractivity contribution is 9.10. The molecule has 0 bridgehead atoms. The van der Waals surface area contributed by atoms with Gasteiger partial charge in [0.05, 0.1) is 15.9 Å². The molecule has 4 rings (SSSR count). The zero-order valence-electron chi connectivity index (χ0n) is 17.2. The van der Waals surface area contributed by atoms with E-state index < -0.39 is 0 Å². The third-order valence-electron chi connectivity index (χ3n) is 4.99.